The number of carbonyl (C=O) groups is 3. The van der Waals surface area contributed by atoms with Crippen molar-refractivity contribution < 1.29 is 29.0 Å². The van der Waals surface area contributed by atoms with Crippen LogP contribution < -0.4 is 21.9 Å². The molecule has 0 aliphatic heterocycles. The van der Waals surface area contributed by atoms with Gasteiger partial charge in [-0.2, -0.15) is 4.98 Å². The molecule has 0 radical (unpaired) electrons. The summed E-state index contributed by atoms with van der Waals surface area (Å²) in [7, 11) is 0. The van der Waals surface area contributed by atoms with Gasteiger partial charge in [0.25, 0.3) is 5.56 Å². The minimum absolute atomic E-state index is 0.0597. The van der Waals surface area contributed by atoms with Gasteiger partial charge < -0.3 is 14.6 Å². The van der Waals surface area contributed by atoms with E-state index in [-0.39, 0.29) is 39.1 Å². The van der Waals surface area contributed by atoms with Crippen LogP contribution in [0.15, 0.2) is 15.7 Å². The zero-order chi connectivity index (χ0) is 27.0. The van der Waals surface area contributed by atoms with Crippen molar-refractivity contribution in [2.75, 3.05) is 10.6 Å². The molecule has 192 valence electrons. The molecule has 0 saturated carbocycles. The number of carboxylic acids is 1. The van der Waals surface area contributed by atoms with Crippen molar-refractivity contribution in [3.8, 4) is 0 Å². The molecule has 0 aliphatic carbocycles. The van der Waals surface area contributed by atoms with E-state index in [0.29, 0.717) is 0 Å². The normalized spacial score (nSPS) is 11.8. The average Bonchev–Trinajstić information content (AvgIpc) is 2.65. The minimum atomic E-state index is -1.24. The Morgan fingerprint density at radius 1 is 0.917 bits per heavy atom. The molecule has 1 aromatic carbocycles. The average molecular weight is 502 g/mol. The van der Waals surface area contributed by atoms with Crippen molar-refractivity contribution in [2.24, 2.45) is 0 Å². The molecule has 14 nitrogen and oxygen atoms in total. The van der Waals surface area contributed by atoms with Crippen LogP contribution in [0.2, 0.25) is 0 Å². The van der Waals surface area contributed by atoms with Gasteiger partial charge in [-0.3, -0.25) is 30.2 Å². The monoisotopic (exact) mass is 502 g/mol. The number of anilines is 2. The maximum absolute atomic E-state index is 13.1. The van der Waals surface area contributed by atoms with Crippen molar-refractivity contribution in [1.29, 1.82) is 0 Å². The number of aliphatic carboxylic acids is 1. The lowest BCUT2D eigenvalue weighted by Crippen LogP contribution is -2.29. The van der Waals surface area contributed by atoms with Gasteiger partial charge in [-0.05, 0) is 53.2 Å². The molecule has 36 heavy (non-hydrogen) atoms. The third-order valence-corrected chi connectivity index (χ3v) is 4.34. The van der Waals surface area contributed by atoms with Crippen molar-refractivity contribution in [1.82, 2.24) is 19.9 Å². The Morgan fingerprint density at radius 3 is 2.06 bits per heavy atom. The van der Waals surface area contributed by atoms with Gasteiger partial charge in [0.2, 0.25) is 5.95 Å². The van der Waals surface area contributed by atoms with Gasteiger partial charge in [-0.15, -0.1) is 0 Å². The van der Waals surface area contributed by atoms with Crippen molar-refractivity contribution in [3.63, 3.8) is 0 Å². The first-order chi connectivity index (χ1) is 16.5. The molecule has 0 saturated heterocycles. The topological polar surface area (TPSA) is 205 Å². The molecule has 0 fully saturated rings. The Hall–Kier alpha value is -4.49. The Morgan fingerprint density at radius 2 is 1.50 bits per heavy atom. The fourth-order valence-electron chi connectivity index (χ4n) is 3.24. The number of nitrogens with zero attached hydrogens (tertiary/aromatic N) is 2. The molecule has 0 atom stereocenters. The summed E-state index contributed by atoms with van der Waals surface area (Å²) in [5, 5.41) is 14.0. The summed E-state index contributed by atoms with van der Waals surface area (Å²) in [6.07, 6.45) is -2.36. The zero-order valence-electron chi connectivity index (χ0n) is 20.5. The first-order valence-electron chi connectivity index (χ1n) is 10.7. The maximum atomic E-state index is 13.1. The predicted octanol–water partition coefficient (Wildman–Crippen LogP) is 2.48. The summed E-state index contributed by atoms with van der Waals surface area (Å²) in [6.45, 7) is 9.87. The molecule has 3 aromatic rings. The Kier molecular flexibility index (Phi) is 6.73. The number of aromatic nitrogens is 4. The van der Waals surface area contributed by atoms with Gasteiger partial charge in [0.1, 0.15) is 17.0 Å². The number of hydrogen-bond donors (Lipinski definition) is 5. The molecule has 3 rings (SSSR count). The van der Waals surface area contributed by atoms with Gasteiger partial charge in [0.05, 0.1) is 22.8 Å². The lowest BCUT2D eigenvalue weighted by atomic mass is 10.0. The second kappa shape index (κ2) is 9.28. The van der Waals surface area contributed by atoms with E-state index in [4.69, 9.17) is 9.47 Å². The van der Waals surface area contributed by atoms with Crippen molar-refractivity contribution in [2.45, 2.75) is 59.2 Å². The Bertz CT molecular complexity index is 1490. The van der Waals surface area contributed by atoms with Crippen LogP contribution in [0.25, 0.3) is 21.8 Å². The van der Waals surface area contributed by atoms with Crippen LogP contribution in [-0.2, 0) is 20.7 Å². The molecular weight excluding hydrogens is 476 g/mol. The van der Waals surface area contributed by atoms with E-state index >= 15 is 0 Å². The van der Waals surface area contributed by atoms with Gasteiger partial charge in [0, 0.05) is 5.39 Å². The number of hydrogen-bond acceptors (Lipinski definition) is 9. The first kappa shape index (κ1) is 26.1. The summed E-state index contributed by atoms with van der Waals surface area (Å²) in [5.74, 6) is -1.69. The summed E-state index contributed by atoms with van der Waals surface area (Å²) in [5.41, 5.74) is -3.57. The number of benzene rings is 1. The SMILES string of the molecule is CC(C)(C)OC(=O)Nc1nc2c(CC(=O)O)cc3c(NC(=O)OC(C)(C)C)[nH]c(=O)nc3c2c(=O)[nH]1. The van der Waals surface area contributed by atoms with Crippen LogP contribution in [0.5, 0.6) is 0 Å². The van der Waals surface area contributed by atoms with Gasteiger partial charge >= 0.3 is 23.8 Å². The highest BCUT2D eigenvalue weighted by Gasteiger charge is 2.23. The molecule has 2 aromatic heterocycles. The second-order valence-electron chi connectivity index (χ2n) is 9.81. The fourth-order valence-corrected chi connectivity index (χ4v) is 3.24. The van der Waals surface area contributed by atoms with Gasteiger partial charge in [0.15, 0.2) is 0 Å². The van der Waals surface area contributed by atoms with Crippen LogP contribution >= 0.6 is 0 Å². The lowest BCUT2D eigenvalue weighted by molar-refractivity contribution is -0.136. The molecular formula is C22H26N6O8. The quantitative estimate of drug-likeness (QED) is 0.329. The smallest absolute Gasteiger partial charge is 0.414 e. The maximum Gasteiger partial charge on any atom is 0.414 e. The second-order valence-corrected chi connectivity index (χ2v) is 9.81. The number of rotatable bonds is 4. The number of H-pyrrole nitrogens is 2. The van der Waals surface area contributed by atoms with Crippen LogP contribution in [0.3, 0.4) is 0 Å². The van der Waals surface area contributed by atoms with E-state index in [1.807, 2.05) is 0 Å². The summed E-state index contributed by atoms with van der Waals surface area (Å²) < 4.78 is 10.4. The van der Waals surface area contributed by atoms with Crippen molar-refractivity contribution >= 4 is 51.7 Å². The molecule has 0 aliphatic rings. The zero-order valence-corrected chi connectivity index (χ0v) is 20.5. The van der Waals surface area contributed by atoms with Crippen LogP contribution in [-0.4, -0.2) is 54.4 Å². The largest absolute Gasteiger partial charge is 0.481 e. The molecule has 5 N–H and O–H groups in total. The number of nitrogens with one attached hydrogen (secondary N) is 4. The van der Waals surface area contributed by atoms with E-state index in [1.54, 1.807) is 41.5 Å². The van der Waals surface area contributed by atoms with Crippen LogP contribution in [0.1, 0.15) is 47.1 Å². The van der Waals surface area contributed by atoms with Gasteiger partial charge in [-0.25, -0.2) is 19.4 Å². The van der Waals surface area contributed by atoms with E-state index < -0.39 is 47.0 Å². The Balaban J connectivity index is 2.23. The van der Waals surface area contributed by atoms with E-state index in [2.05, 4.69) is 30.6 Å². The third kappa shape index (κ3) is 6.34. The minimum Gasteiger partial charge on any atom is -0.481 e. The highest BCUT2D eigenvalue weighted by Crippen LogP contribution is 2.28. The molecule has 14 heteroatoms. The fraction of sp³-hybridized carbons (Fsp3) is 0.409. The van der Waals surface area contributed by atoms with Gasteiger partial charge in [-0.1, -0.05) is 0 Å². The summed E-state index contributed by atoms with van der Waals surface area (Å²) >= 11 is 0. The lowest BCUT2D eigenvalue weighted by Gasteiger charge is -2.20. The highest BCUT2D eigenvalue weighted by atomic mass is 16.6. The molecule has 0 bridgehead atoms. The van der Waals surface area contributed by atoms with E-state index in [1.165, 1.54) is 6.07 Å². The number of ether oxygens (including phenoxy) is 2. The molecule has 2 heterocycles. The number of carboxylic acid groups (broad SMARTS) is 1. The van der Waals surface area contributed by atoms with Crippen LogP contribution in [0, 0.1) is 0 Å². The van der Waals surface area contributed by atoms with Crippen LogP contribution in [0.4, 0.5) is 21.4 Å². The number of aromatic amines is 2. The molecule has 0 unspecified atom stereocenters. The molecule has 2 amide bonds. The van der Waals surface area contributed by atoms with E-state index in [9.17, 15) is 29.1 Å². The third-order valence-electron chi connectivity index (χ3n) is 4.34. The van der Waals surface area contributed by atoms with E-state index in [0.717, 1.165) is 0 Å². The number of amides is 2. The Labute approximate surface area is 203 Å². The standard InChI is InChI=1S/C22H26N6O8/c1-21(2,3)35-19(33)26-15-10-7-9(8-11(29)30)13-12(14(10)24-18(32)25-15)16(31)27-17(23-13)28-20(34)36-22(4,5)6/h7H,8H2,1-6H3,(H,29,30)(H2,23,27,28,31,34)(H2,24,25,26,32,33). The number of carbonyl (C=O) groups excluding carboxylic acids is 2. The summed E-state index contributed by atoms with van der Waals surface area (Å²) in [6, 6.07) is 1.32. The predicted molar refractivity (Wildman–Crippen MR) is 129 cm³/mol. The first-order valence-corrected chi connectivity index (χ1v) is 10.7. The number of fused-ring (bicyclic) bond motifs is 3. The highest BCUT2D eigenvalue weighted by molar-refractivity contribution is 6.10. The van der Waals surface area contributed by atoms with Crippen molar-refractivity contribution in [3.05, 3.63) is 32.5 Å². The molecule has 0 spiro atoms. The summed E-state index contributed by atoms with van der Waals surface area (Å²) in [4.78, 5) is 74.1.